The summed E-state index contributed by atoms with van der Waals surface area (Å²) in [6, 6.07) is 14.3. The second-order valence-electron chi connectivity index (χ2n) is 9.17. The van der Waals surface area contributed by atoms with Gasteiger partial charge in [0, 0.05) is 36.8 Å². The Morgan fingerprint density at radius 2 is 1.72 bits per heavy atom. The van der Waals surface area contributed by atoms with Gasteiger partial charge >= 0.3 is 6.18 Å². The van der Waals surface area contributed by atoms with Gasteiger partial charge in [-0.05, 0) is 24.5 Å². The predicted molar refractivity (Wildman–Crippen MR) is 128 cm³/mol. The molecule has 0 amide bonds. The molecule has 0 bridgehead atoms. The van der Waals surface area contributed by atoms with Gasteiger partial charge in [-0.25, -0.2) is 4.98 Å². The van der Waals surface area contributed by atoms with Gasteiger partial charge in [-0.3, -0.25) is 9.59 Å². The van der Waals surface area contributed by atoms with E-state index >= 15 is 0 Å². The van der Waals surface area contributed by atoms with Crippen LogP contribution in [0.25, 0.3) is 11.4 Å². The average Bonchev–Trinajstić information content (AvgIpc) is 3.19. The first-order valence-corrected chi connectivity index (χ1v) is 11.9. The van der Waals surface area contributed by atoms with Gasteiger partial charge in [0.1, 0.15) is 17.3 Å². The van der Waals surface area contributed by atoms with E-state index in [9.17, 15) is 27.7 Å². The lowest BCUT2D eigenvalue weighted by atomic mass is 9.81. The average molecular weight is 498 g/mol. The molecule has 4 rings (SSSR count). The van der Waals surface area contributed by atoms with E-state index in [1.807, 2.05) is 30.3 Å². The van der Waals surface area contributed by atoms with Crippen LogP contribution in [0.5, 0.6) is 0 Å². The standard InChI is InChI=1S/C27H26F3N3O3/c1-17-14-22-24(23(34)15-19(25(17)35)10-7-13-31-36)33(16-18-8-3-2-4-9-18)26(32-22)20-11-5-6-12-21(20)27(28,29)30/h2-6,8-9,11-12,17,19H,7,10,13-16H2,1H3/t17?,19-/m0/s1. The van der Waals surface area contributed by atoms with E-state index in [0.29, 0.717) is 18.5 Å². The minimum Gasteiger partial charge on any atom is -0.317 e. The Kier molecular flexibility index (Phi) is 7.47. The van der Waals surface area contributed by atoms with Gasteiger partial charge in [-0.15, -0.1) is 0 Å². The Labute approximate surface area is 206 Å². The second kappa shape index (κ2) is 10.6. The number of imidazole rings is 1. The summed E-state index contributed by atoms with van der Waals surface area (Å²) in [4.78, 5) is 41.7. The molecular formula is C27H26F3N3O3. The van der Waals surface area contributed by atoms with Crippen LogP contribution in [0.1, 0.15) is 53.5 Å². The topological polar surface area (TPSA) is 81.4 Å². The molecule has 36 heavy (non-hydrogen) atoms. The van der Waals surface area contributed by atoms with Crippen LogP contribution < -0.4 is 0 Å². The number of halogens is 3. The number of carbonyl (C=O) groups excluding carboxylic acids is 2. The number of Topliss-reactive ketones (excluding diaryl/α,β-unsaturated/α-hetero) is 2. The van der Waals surface area contributed by atoms with Gasteiger partial charge in [-0.1, -0.05) is 60.6 Å². The first-order valence-electron chi connectivity index (χ1n) is 11.9. The lowest BCUT2D eigenvalue weighted by molar-refractivity contribution is -0.137. The third kappa shape index (κ3) is 5.29. The van der Waals surface area contributed by atoms with Crippen LogP contribution in [0.3, 0.4) is 0 Å². The normalized spacial score (nSPS) is 18.4. The summed E-state index contributed by atoms with van der Waals surface area (Å²) >= 11 is 0. The van der Waals surface area contributed by atoms with Crippen LogP contribution in [-0.2, 0) is 23.9 Å². The van der Waals surface area contributed by atoms with Crippen molar-refractivity contribution in [3.05, 3.63) is 82.0 Å². The maximum atomic E-state index is 13.9. The molecule has 2 atom stereocenters. The van der Waals surface area contributed by atoms with Crippen LogP contribution >= 0.6 is 0 Å². The third-order valence-electron chi connectivity index (χ3n) is 6.58. The van der Waals surface area contributed by atoms with Crippen molar-refractivity contribution in [3.63, 3.8) is 0 Å². The first-order chi connectivity index (χ1) is 17.2. The number of benzene rings is 2. The minimum absolute atomic E-state index is 0.0494. The molecule has 1 aliphatic rings. The fraction of sp³-hybridized carbons (Fsp3) is 0.370. The summed E-state index contributed by atoms with van der Waals surface area (Å²) in [7, 11) is 0. The Morgan fingerprint density at radius 1 is 1.03 bits per heavy atom. The molecule has 0 spiro atoms. The molecule has 0 saturated heterocycles. The second-order valence-corrected chi connectivity index (χ2v) is 9.17. The monoisotopic (exact) mass is 497 g/mol. The predicted octanol–water partition coefficient (Wildman–Crippen LogP) is 6.11. The number of hydrogen-bond acceptors (Lipinski definition) is 5. The Morgan fingerprint density at radius 3 is 2.42 bits per heavy atom. The first kappa shape index (κ1) is 25.5. The van der Waals surface area contributed by atoms with Crippen molar-refractivity contribution >= 4 is 11.6 Å². The Bertz CT molecular complexity index is 1270. The van der Waals surface area contributed by atoms with Crippen LogP contribution in [0.4, 0.5) is 13.2 Å². The van der Waals surface area contributed by atoms with Crippen molar-refractivity contribution in [2.45, 2.75) is 45.3 Å². The number of aromatic nitrogens is 2. The molecule has 3 aromatic rings. The number of carbonyl (C=O) groups is 2. The molecule has 188 valence electrons. The van der Waals surface area contributed by atoms with Gasteiger partial charge in [-0.2, -0.15) is 18.1 Å². The molecule has 0 fully saturated rings. The largest absolute Gasteiger partial charge is 0.417 e. The number of nitrogens with zero attached hydrogens (tertiary/aromatic N) is 3. The Hall–Kier alpha value is -3.62. The molecule has 1 unspecified atom stereocenters. The van der Waals surface area contributed by atoms with Gasteiger partial charge in [0.25, 0.3) is 0 Å². The van der Waals surface area contributed by atoms with E-state index in [0.717, 1.165) is 11.6 Å². The minimum atomic E-state index is -4.61. The summed E-state index contributed by atoms with van der Waals surface area (Å²) < 4.78 is 43.3. The zero-order valence-electron chi connectivity index (χ0n) is 19.8. The summed E-state index contributed by atoms with van der Waals surface area (Å²) in [5.74, 6) is -1.44. The number of rotatable bonds is 7. The van der Waals surface area contributed by atoms with Gasteiger partial charge < -0.3 is 4.57 Å². The van der Waals surface area contributed by atoms with Crippen molar-refractivity contribution < 1.29 is 22.8 Å². The third-order valence-corrected chi connectivity index (χ3v) is 6.58. The van der Waals surface area contributed by atoms with E-state index in [2.05, 4.69) is 10.2 Å². The summed E-state index contributed by atoms with van der Waals surface area (Å²) in [6.45, 7) is 1.95. The molecule has 1 aromatic heterocycles. The number of alkyl halides is 3. The van der Waals surface area contributed by atoms with Crippen molar-refractivity contribution in [2.24, 2.45) is 17.0 Å². The van der Waals surface area contributed by atoms with Crippen LogP contribution in [0, 0.1) is 16.7 Å². The quantitative estimate of drug-likeness (QED) is 0.291. The number of hydrogen-bond donors (Lipinski definition) is 0. The lowest BCUT2D eigenvalue weighted by Crippen LogP contribution is -2.30. The molecule has 0 N–H and O–H groups in total. The van der Waals surface area contributed by atoms with E-state index in [-0.39, 0.29) is 54.6 Å². The molecule has 1 heterocycles. The van der Waals surface area contributed by atoms with E-state index in [1.165, 1.54) is 18.2 Å². The maximum absolute atomic E-state index is 13.9. The molecule has 9 heteroatoms. The molecule has 0 saturated carbocycles. The van der Waals surface area contributed by atoms with Crippen LogP contribution in [0.2, 0.25) is 0 Å². The van der Waals surface area contributed by atoms with Crippen LogP contribution in [-0.4, -0.2) is 27.7 Å². The number of fused-ring (bicyclic) bond motifs is 1. The fourth-order valence-electron chi connectivity index (χ4n) is 4.87. The van der Waals surface area contributed by atoms with Crippen molar-refractivity contribution in [1.29, 1.82) is 0 Å². The smallest absolute Gasteiger partial charge is 0.317 e. The number of ketones is 2. The summed E-state index contributed by atoms with van der Waals surface area (Å²) in [6.07, 6.45) is -3.81. The highest BCUT2D eigenvalue weighted by Crippen LogP contribution is 2.38. The highest BCUT2D eigenvalue weighted by Gasteiger charge is 2.38. The van der Waals surface area contributed by atoms with Gasteiger partial charge in [0.2, 0.25) is 0 Å². The van der Waals surface area contributed by atoms with Crippen molar-refractivity contribution in [2.75, 3.05) is 6.54 Å². The SMILES string of the molecule is CC1Cc2nc(-c3ccccc3C(F)(F)F)n(Cc3ccccc3)c2C(=O)C[C@H](CCCN=O)C1=O. The zero-order chi connectivity index (χ0) is 25.9. The fourth-order valence-corrected chi connectivity index (χ4v) is 4.87. The van der Waals surface area contributed by atoms with Crippen molar-refractivity contribution in [3.8, 4) is 11.4 Å². The summed E-state index contributed by atoms with van der Waals surface area (Å²) in [5, 5.41) is 2.83. The zero-order valence-corrected chi connectivity index (χ0v) is 19.8. The molecule has 0 radical (unpaired) electrons. The molecule has 2 aromatic carbocycles. The molecule has 0 aliphatic heterocycles. The Balaban J connectivity index is 1.87. The highest BCUT2D eigenvalue weighted by molar-refractivity contribution is 6.00. The number of nitroso groups, excluding NO2 is 1. The van der Waals surface area contributed by atoms with E-state index < -0.39 is 23.6 Å². The highest BCUT2D eigenvalue weighted by atomic mass is 19.4. The van der Waals surface area contributed by atoms with E-state index in [4.69, 9.17) is 0 Å². The van der Waals surface area contributed by atoms with E-state index in [1.54, 1.807) is 11.5 Å². The lowest BCUT2D eigenvalue weighted by Gasteiger charge is -2.23. The van der Waals surface area contributed by atoms with Gasteiger partial charge in [0.05, 0.1) is 17.8 Å². The van der Waals surface area contributed by atoms with Gasteiger partial charge in [0.15, 0.2) is 5.78 Å². The molecule has 6 nitrogen and oxygen atoms in total. The molecular weight excluding hydrogens is 471 g/mol. The summed E-state index contributed by atoms with van der Waals surface area (Å²) in [5.41, 5.74) is 0.414. The van der Waals surface area contributed by atoms with Crippen molar-refractivity contribution in [1.82, 2.24) is 9.55 Å². The molecule has 1 aliphatic carbocycles. The van der Waals surface area contributed by atoms with Crippen LogP contribution in [0.15, 0.2) is 59.8 Å². The maximum Gasteiger partial charge on any atom is 0.417 e.